The number of benzene rings is 2. The molecule has 31 heavy (non-hydrogen) atoms. The first-order chi connectivity index (χ1) is 14.6. The highest BCUT2D eigenvalue weighted by Crippen LogP contribution is 2.48. The summed E-state index contributed by atoms with van der Waals surface area (Å²) in [5.74, 6) is 0.209. The molecule has 1 aromatic heterocycles. The molecular formula is C22H23N3O4S2. The number of hydrogen-bond acceptors (Lipinski definition) is 7. The number of nitrogens with two attached hydrogens (primary N) is 1. The number of nitro benzene ring substituents is 1. The van der Waals surface area contributed by atoms with Gasteiger partial charge in [-0.1, -0.05) is 32.9 Å². The van der Waals surface area contributed by atoms with E-state index in [1.54, 1.807) is 29.2 Å². The number of hydrogen-bond donors (Lipinski definition) is 2. The Morgan fingerprint density at radius 2 is 1.87 bits per heavy atom. The van der Waals surface area contributed by atoms with Crippen molar-refractivity contribution < 1.29 is 14.5 Å². The van der Waals surface area contributed by atoms with Crippen molar-refractivity contribution in [1.82, 2.24) is 0 Å². The Bertz CT molecular complexity index is 1120. The number of anilines is 2. The zero-order valence-electron chi connectivity index (χ0n) is 17.6. The zero-order valence-corrected chi connectivity index (χ0v) is 19.2. The zero-order chi connectivity index (χ0) is 22.8. The largest absolute Gasteiger partial charge is 0.417 e. The van der Waals surface area contributed by atoms with E-state index in [0.717, 1.165) is 16.1 Å². The highest BCUT2D eigenvalue weighted by molar-refractivity contribution is 8.00. The molecule has 162 valence electrons. The summed E-state index contributed by atoms with van der Waals surface area (Å²) >= 11 is 3.25. The average molecular weight is 458 g/mol. The predicted octanol–water partition coefficient (Wildman–Crippen LogP) is 6.54. The van der Waals surface area contributed by atoms with Gasteiger partial charge in [0.25, 0.3) is 5.69 Å². The molecule has 0 fully saturated rings. The van der Waals surface area contributed by atoms with Crippen LogP contribution in [0.3, 0.4) is 0 Å². The molecular weight excluding hydrogens is 434 g/mol. The van der Waals surface area contributed by atoms with Crippen LogP contribution in [0.2, 0.25) is 0 Å². The van der Waals surface area contributed by atoms with Crippen LogP contribution in [-0.2, 0) is 5.41 Å². The second kappa shape index (κ2) is 8.99. The first-order valence-electron chi connectivity index (χ1n) is 9.40. The maximum Gasteiger partial charge on any atom is 0.417 e. The number of nitrogens with one attached hydrogen (secondary N) is 1. The Hall–Kier alpha value is -3.04. The van der Waals surface area contributed by atoms with Gasteiger partial charge in [0.15, 0.2) is 0 Å². The monoisotopic (exact) mass is 457 g/mol. The number of thiophene rings is 1. The Morgan fingerprint density at radius 3 is 2.45 bits per heavy atom. The Balaban J connectivity index is 1.84. The molecule has 0 spiro atoms. The van der Waals surface area contributed by atoms with Gasteiger partial charge in [-0.3, -0.25) is 15.4 Å². The number of thioether (sulfide) groups is 1. The molecule has 0 unspecified atom stereocenters. The second-order valence-corrected chi connectivity index (χ2v) is 9.93. The summed E-state index contributed by atoms with van der Waals surface area (Å²) in [5.41, 5.74) is 9.84. The molecule has 3 aromatic rings. The predicted molar refractivity (Wildman–Crippen MR) is 127 cm³/mol. The lowest BCUT2D eigenvalue weighted by atomic mass is 9.84. The van der Waals surface area contributed by atoms with E-state index in [2.05, 4.69) is 26.1 Å². The van der Waals surface area contributed by atoms with Gasteiger partial charge in [-0.2, -0.15) is 0 Å². The molecule has 2 aromatic carbocycles. The molecule has 0 aliphatic heterocycles. The molecule has 0 radical (unpaired) electrons. The van der Waals surface area contributed by atoms with Gasteiger partial charge in [-0.25, -0.2) is 4.79 Å². The maximum atomic E-state index is 12.3. The molecule has 0 saturated carbocycles. The molecule has 1 heterocycles. The normalized spacial score (nSPS) is 11.2. The summed E-state index contributed by atoms with van der Waals surface area (Å²) in [6, 6.07) is 12.7. The summed E-state index contributed by atoms with van der Waals surface area (Å²) in [6.07, 6.45) is 1.35. The third-order valence-electron chi connectivity index (χ3n) is 4.49. The van der Waals surface area contributed by atoms with E-state index in [-0.39, 0.29) is 16.9 Å². The van der Waals surface area contributed by atoms with Gasteiger partial charge < -0.3 is 10.5 Å². The van der Waals surface area contributed by atoms with Crippen LogP contribution in [0, 0.1) is 10.1 Å². The smallest absolute Gasteiger partial charge is 0.410 e. The van der Waals surface area contributed by atoms with Crippen molar-refractivity contribution in [3.05, 3.63) is 64.2 Å². The van der Waals surface area contributed by atoms with E-state index in [9.17, 15) is 14.9 Å². The Kier molecular flexibility index (Phi) is 6.56. The van der Waals surface area contributed by atoms with Crippen LogP contribution in [0.25, 0.3) is 11.1 Å². The van der Waals surface area contributed by atoms with Crippen molar-refractivity contribution >= 4 is 45.6 Å². The number of nitrogens with zero attached hydrogens (tertiary/aromatic N) is 1. The highest BCUT2D eigenvalue weighted by atomic mass is 32.2. The molecule has 7 nitrogen and oxygen atoms in total. The molecule has 9 heteroatoms. The Labute approximate surface area is 188 Å². The number of carbonyl (C=O) groups is 1. The van der Waals surface area contributed by atoms with E-state index in [1.165, 1.54) is 34.0 Å². The van der Waals surface area contributed by atoms with E-state index in [4.69, 9.17) is 10.5 Å². The van der Waals surface area contributed by atoms with E-state index in [0.29, 0.717) is 5.69 Å². The second-order valence-electron chi connectivity index (χ2n) is 7.80. The summed E-state index contributed by atoms with van der Waals surface area (Å²) in [6.45, 7) is 6.46. The van der Waals surface area contributed by atoms with Crippen LogP contribution in [0.15, 0.2) is 52.7 Å². The third kappa shape index (κ3) is 5.18. The van der Waals surface area contributed by atoms with Gasteiger partial charge in [0, 0.05) is 23.4 Å². The summed E-state index contributed by atoms with van der Waals surface area (Å²) in [5, 5.41) is 14.2. The van der Waals surface area contributed by atoms with Gasteiger partial charge in [-0.05, 0) is 47.1 Å². The van der Waals surface area contributed by atoms with E-state index < -0.39 is 11.0 Å². The van der Waals surface area contributed by atoms with Crippen molar-refractivity contribution in [3.8, 4) is 16.9 Å². The van der Waals surface area contributed by atoms with Gasteiger partial charge in [0.2, 0.25) is 0 Å². The minimum Gasteiger partial charge on any atom is -0.410 e. The Morgan fingerprint density at radius 1 is 1.19 bits per heavy atom. The van der Waals surface area contributed by atoms with Crippen LogP contribution < -0.4 is 15.8 Å². The average Bonchev–Trinajstić information content (AvgIpc) is 3.05. The van der Waals surface area contributed by atoms with Gasteiger partial charge >= 0.3 is 6.09 Å². The molecule has 3 rings (SSSR count). The molecule has 0 saturated heterocycles. The molecule has 0 aliphatic carbocycles. The lowest BCUT2D eigenvalue weighted by molar-refractivity contribution is -0.384. The van der Waals surface area contributed by atoms with E-state index >= 15 is 0 Å². The van der Waals surface area contributed by atoms with Crippen LogP contribution in [0.4, 0.5) is 21.2 Å². The minimum atomic E-state index is -0.690. The van der Waals surface area contributed by atoms with E-state index in [1.807, 2.05) is 24.5 Å². The first kappa shape index (κ1) is 22.6. The standard InChI is InChI=1S/C22H23N3O4S2/c1-22(2,3)18-17(19(23)31-20(18)30-4)13-6-5-7-14(12-13)24-21(26)29-16-10-8-15(9-11-16)25(27)28/h5-12H,23H2,1-4H3,(H,24,26). The number of amides is 1. The van der Waals surface area contributed by atoms with Crippen molar-refractivity contribution in [2.24, 2.45) is 0 Å². The first-order valence-corrected chi connectivity index (χ1v) is 11.4. The molecule has 0 bridgehead atoms. The van der Waals surface area contributed by atoms with Crippen LogP contribution in [0.1, 0.15) is 26.3 Å². The maximum absolute atomic E-state index is 12.3. The van der Waals surface area contributed by atoms with Crippen LogP contribution in [0.5, 0.6) is 5.75 Å². The fourth-order valence-electron chi connectivity index (χ4n) is 3.18. The SMILES string of the molecule is CSc1sc(N)c(-c2cccc(NC(=O)Oc3ccc([N+](=O)[O-])cc3)c2)c1C(C)(C)C. The molecule has 1 amide bonds. The fourth-order valence-corrected chi connectivity index (χ4v) is 5.42. The number of non-ortho nitro benzene ring substituents is 1. The van der Waals surface area contributed by atoms with Gasteiger partial charge in [0.05, 0.1) is 14.1 Å². The van der Waals surface area contributed by atoms with Crippen molar-refractivity contribution in [3.63, 3.8) is 0 Å². The quantitative estimate of drug-likeness (QED) is 0.256. The third-order valence-corrected chi connectivity index (χ3v) is 6.63. The molecule has 0 aliphatic rings. The number of carbonyl (C=O) groups excluding carboxylic acids is 1. The van der Waals surface area contributed by atoms with Gasteiger partial charge in [-0.15, -0.1) is 23.1 Å². The lowest BCUT2D eigenvalue weighted by Gasteiger charge is -2.22. The van der Waals surface area contributed by atoms with Crippen LogP contribution in [-0.4, -0.2) is 17.3 Å². The summed E-state index contributed by atoms with van der Waals surface area (Å²) < 4.78 is 6.40. The molecule has 3 N–H and O–H groups in total. The van der Waals surface area contributed by atoms with Gasteiger partial charge in [0.1, 0.15) is 5.75 Å². The summed E-state index contributed by atoms with van der Waals surface area (Å²) in [4.78, 5) is 22.5. The van der Waals surface area contributed by atoms with Crippen molar-refractivity contribution in [2.75, 3.05) is 17.3 Å². The number of rotatable bonds is 5. The molecule has 0 atom stereocenters. The minimum absolute atomic E-state index is 0.0759. The van der Waals surface area contributed by atoms with Crippen molar-refractivity contribution in [2.45, 2.75) is 30.4 Å². The number of nitro groups is 1. The number of nitrogen functional groups attached to an aromatic ring is 1. The van der Waals surface area contributed by atoms with Crippen molar-refractivity contribution in [1.29, 1.82) is 0 Å². The number of ether oxygens (including phenoxy) is 1. The lowest BCUT2D eigenvalue weighted by Crippen LogP contribution is -2.16. The fraction of sp³-hybridized carbons (Fsp3) is 0.227. The highest BCUT2D eigenvalue weighted by Gasteiger charge is 2.27. The van der Waals surface area contributed by atoms with Crippen LogP contribution >= 0.6 is 23.1 Å². The topological polar surface area (TPSA) is 107 Å². The summed E-state index contributed by atoms with van der Waals surface area (Å²) in [7, 11) is 0.